The lowest BCUT2D eigenvalue weighted by atomic mass is 9.94. The molecule has 0 saturated carbocycles. The third-order valence-electron chi connectivity index (χ3n) is 3.08. The van der Waals surface area contributed by atoms with Crippen molar-refractivity contribution in [3.8, 4) is 0 Å². The van der Waals surface area contributed by atoms with Crippen LogP contribution < -0.4 is 0 Å². The van der Waals surface area contributed by atoms with Gasteiger partial charge in [0, 0.05) is 12.0 Å². The van der Waals surface area contributed by atoms with E-state index in [0.29, 0.717) is 5.15 Å². The van der Waals surface area contributed by atoms with Gasteiger partial charge in [-0.2, -0.15) is 0 Å². The van der Waals surface area contributed by atoms with Crippen LogP contribution in [0.5, 0.6) is 0 Å². The summed E-state index contributed by atoms with van der Waals surface area (Å²) < 4.78 is 2.32. The summed E-state index contributed by atoms with van der Waals surface area (Å²) in [5.41, 5.74) is 1.32. The molecule has 0 N–H and O–H groups in total. The third kappa shape index (κ3) is 1.92. The molecule has 84 valence electrons. The fraction of sp³-hybridized carbons (Fsp3) is 0.750. The number of halogens is 1. The highest BCUT2D eigenvalue weighted by Crippen LogP contribution is 2.32. The molecule has 0 amide bonds. The molecular weight excluding hydrogens is 208 g/mol. The maximum Gasteiger partial charge on any atom is 0.150 e. The SMILES string of the molecule is CC1CCn2c(C(C)(C)C)nc(Cl)c2C1. The van der Waals surface area contributed by atoms with Crippen molar-refractivity contribution >= 4 is 11.6 Å². The van der Waals surface area contributed by atoms with Crippen molar-refractivity contribution in [1.29, 1.82) is 0 Å². The minimum absolute atomic E-state index is 0.0858. The van der Waals surface area contributed by atoms with Crippen LogP contribution in [0, 0.1) is 5.92 Å². The molecule has 2 rings (SSSR count). The predicted octanol–water partition coefficient (Wildman–Crippen LogP) is 3.42. The molecule has 3 heteroatoms. The van der Waals surface area contributed by atoms with E-state index in [1.165, 1.54) is 12.1 Å². The van der Waals surface area contributed by atoms with E-state index < -0.39 is 0 Å². The van der Waals surface area contributed by atoms with E-state index >= 15 is 0 Å². The quantitative estimate of drug-likeness (QED) is 0.663. The van der Waals surface area contributed by atoms with Crippen LogP contribution in [0.2, 0.25) is 5.15 Å². The third-order valence-corrected chi connectivity index (χ3v) is 3.38. The number of nitrogens with zero attached hydrogens (tertiary/aromatic N) is 2. The minimum Gasteiger partial charge on any atom is -0.330 e. The molecule has 0 fully saturated rings. The molecule has 1 aliphatic rings. The zero-order valence-corrected chi connectivity index (χ0v) is 10.7. The van der Waals surface area contributed by atoms with E-state index in [9.17, 15) is 0 Å². The summed E-state index contributed by atoms with van der Waals surface area (Å²) in [5.74, 6) is 1.87. The molecule has 1 unspecified atom stereocenters. The zero-order valence-electron chi connectivity index (χ0n) is 9.97. The number of hydrogen-bond acceptors (Lipinski definition) is 1. The van der Waals surface area contributed by atoms with Crippen molar-refractivity contribution in [2.24, 2.45) is 5.92 Å². The molecule has 2 heterocycles. The van der Waals surface area contributed by atoms with Crippen LogP contribution in [0.1, 0.15) is 45.6 Å². The molecule has 0 spiro atoms. The van der Waals surface area contributed by atoms with Crippen LogP contribution in [0.4, 0.5) is 0 Å². The van der Waals surface area contributed by atoms with Crippen LogP contribution in [0.25, 0.3) is 0 Å². The average Bonchev–Trinajstić information content (AvgIpc) is 2.43. The van der Waals surface area contributed by atoms with Crippen molar-refractivity contribution in [3.05, 3.63) is 16.7 Å². The Kier molecular flexibility index (Phi) is 2.58. The standard InChI is InChI=1S/C12H19ClN2/c1-8-5-6-15-9(7-8)10(13)14-11(15)12(2,3)4/h8H,5-7H2,1-4H3. The van der Waals surface area contributed by atoms with Crippen molar-refractivity contribution in [1.82, 2.24) is 9.55 Å². The Hall–Kier alpha value is -0.500. The highest BCUT2D eigenvalue weighted by molar-refractivity contribution is 6.30. The molecule has 1 aromatic rings. The smallest absolute Gasteiger partial charge is 0.150 e. The fourth-order valence-corrected chi connectivity index (χ4v) is 2.51. The molecule has 1 atom stereocenters. The van der Waals surface area contributed by atoms with Crippen molar-refractivity contribution in [2.45, 2.75) is 52.5 Å². The van der Waals surface area contributed by atoms with E-state index in [1.54, 1.807) is 0 Å². The fourth-order valence-electron chi connectivity index (χ4n) is 2.25. The second-order valence-corrected chi connectivity index (χ2v) is 6.03. The van der Waals surface area contributed by atoms with Gasteiger partial charge in [-0.25, -0.2) is 4.98 Å². The van der Waals surface area contributed by atoms with E-state index in [-0.39, 0.29) is 5.41 Å². The lowest BCUT2D eigenvalue weighted by molar-refractivity contribution is 0.388. The topological polar surface area (TPSA) is 17.8 Å². The van der Waals surface area contributed by atoms with Gasteiger partial charge in [-0.3, -0.25) is 0 Å². The number of rotatable bonds is 0. The Labute approximate surface area is 96.7 Å². The van der Waals surface area contributed by atoms with Crippen LogP contribution in [0.15, 0.2) is 0 Å². The summed E-state index contributed by atoms with van der Waals surface area (Å²) in [4.78, 5) is 4.53. The molecular formula is C12H19ClN2. The Bertz CT molecular complexity index is 374. The lowest BCUT2D eigenvalue weighted by Gasteiger charge is -2.26. The molecule has 0 saturated heterocycles. The molecule has 2 nitrogen and oxygen atoms in total. The van der Waals surface area contributed by atoms with Gasteiger partial charge >= 0.3 is 0 Å². The summed E-state index contributed by atoms with van der Waals surface area (Å²) in [7, 11) is 0. The van der Waals surface area contributed by atoms with E-state index in [0.717, 1.165) is 24.7 Å². The maximum atomic E-state index is 6.20. The van der Waals surface area contributed by atoms with Crippen LogP contribution >= 0.6 is 11.6 Å². The molecule has 0 radical (unpaired) electrons. The monoisotopic (exact) mass is 226 g/mol. The second-order valence-electron chi connectivity index (χ2n) is 5.67. The number of hydrogen-bond donors (Lipinski definition) is 0. The highest BCUT2D eigenvalue weighted by atomic mass is 35.5. The molecule has 15 heavy (non-hydrogen) atoms. The maximum absolute atomic E-state index is 6.20. The molecule has 0 aliphatic carbocycles. The summed E-state index contributed by atoms with van der Waals surface area (Å²) in [6.45, 7) is 9.93. The van der Waals surface area contributed by atoms with Gasteiger partial charge in [-0.1, -0.05) is 39.3 Å². The molecule has 1 aromatic heterocycles. The first-order valence-corrected chi connectivity index (χ1v) is 6.03. The number of aromatic nitrogens is 2. The van der Waals surface area contributed by atoms with E-state index in [1.807, 2.05) is 0 Å². The molecule has 0 bridgehead atoms. The first kappa shape index (κ1) is 11.0. The number of imidazole rings is 1. The summed E-state index contributed by atoms with van der Waals surface area (Å²) in [6.07, 6.45) is 2.31. The van der Waals surface area contributed by atoms with E-state index in [4.69, 9.17) is 11.6 Å². The van der Waals surface area contributed by atoms with Gasteiger partial charge in [0.15, 0.2) is 5.15 Å². The summed E-state index contributed by atoms with van der Waals surface area (Å²) in [6, 6.07) is 0. The van der Waals surface area contributed by atoms with Gasteiger partial charge in [-0.15, -0.1) is 0 Å². The van der Waals surface area contributed by atoms with Crippen LogP contribution in [-0.2, 0) is 18.4 Å². The Morgan fingerprint density at radius 1 is 1.40 bits per heavy atom. The van der Waals surface area contributed by atoms with Crippen LogP contribution in [0.3, 0.4) is 0 Å². The Balaban J connectivity index is 2.48. The highest BCUT2D eigenvalue weighted by Gasteiger charge is 2.28. The van der Waals surface area contributed by atoms with Gasteiger partial charge in [0.1, 0.15) is 5.82 Å². The van der Waals surface area contributed by atoms with Crippen LogP contribution in [-0.4, -0.2) is 9.55 Å². The summed E-state index contributed by atoms with van der Waals surface area (Å²) >= 11 is 6.20. The van der Waals surface area contributed by atoms with Gasteiger partial charge in [0.05, 0.1) is 5.69 Å². The Morgan fingerprint density at radius 2 is 2.07 bits per heavy atom. The van der Waals surface area contributed by atoms with Gasteiger partial charge < -0.3 is 4.57 Å². The first-order valence-electron chi connectivity index (χ1n) is 5.65. The van der Waals surface area contributed by atoms with Crippen molar-refractivity contribution in [3.63, 3.8) is 0 Å². The largest absolute Gasteiger partial charge is 0.330 e. The van der Waals surface area contributed by atoms with Gasteiger partial charge in [-0.05, 0) is 18.8 Å². The number of fused-ring (bicyclic) bond motifs is 1. The second kappa shape index (κ2) is 3.51. The minimum atomic E-state index is 0.0858. The lowest BCUT2D eigenvalue weighted by Crippen LogP contribution is -2.24. The summed E-state index contributed by atoms with van der Waals surface area (Å²) in [5, 5.41) is 0.714. The normalized spacial score (nSPS) is 21.5. The van der Waals surface area contributed by atoms with Crippen molar-refractivity contribution in [2.75, 3.05) is 0 Å². The average molecular weight is 227 g/mol. The van der Waals surface area contributed by atoms with Gasteiger partial charge in [0.25, 0.3) is 0 Å². The van der Waals surface area contributed by atoms with Gasteiger partial charge in [0.2, 0.25) is 0 Å². The predicted molar refractivity (Wildman–Crippen MR) is 63.4 cm³/mol. The Morgan fingerprint density at radius 3 is 2.67 bits per heavy atom. The first-order chi connectivity index (χ1) is 6.89. The zero-order chi connectivity index (χ0) is 11.2. The molecule has 1 aliphatic heterocycles. The van der Waals surface area contributed by atoms with E-state index in [2.05, 4.69) is 37.2 Å². The molecule has 0 aromatic carbocycles. The van der Waals surface area contributed by atoms with Crippen molar-refractivity contribution < 1.29 is 0 Å².